The third-order valence-corrected chi connectivity index (χ3v) is 6.29. The molecule has 2 aliphatic heterocycles. The van der Waals surface area contributed by atoms with Gasteiger partial charge in [-0.15, -0.1) is 0 Å². The lowest BCUT2D eigenvalue weighted by atomic mass is 9.97. The van der Waals surface area contributed by atoms with Crippen LogP contribution in [-0.4, -0.2) is 86.1 Å². The van der Waals surface area contributed by atoms with Gasteiger partial charge in [-0.2, -0.15) is 0 Å². The monoisotopic (exact) mass is 382 g/mol. The number of nitrogens with one attached hydrogen (secondary N) is 1. The summed E-state index contributed by atoms with van der Waals surface area (Å²) in [6.07, 6.45) is 5.51. The molecule has 0 unspecified atom stereocenters. The zero-order valence-corrected chi connectivity index (χ0v) is 16.1. The average Bonchev–Trinajstić information content (AvgIpc) is 2.62. The van der Waals surface area contributed by atoms with Crippen molar-refractivity contribution < 1.29 is 13.2 Å². The first-order valence-electron chi connectivity index (χ1n) is 8.84. The third-order valence-electron chi connectivity index (χ3n) is 4.99. The van der Waals surface area contributed by atoms with Gasteiger partial charge in [-0.25, -0.2) is 22.7 Å². The quantitative estimate of drug-likeness (QED) is 0.772. The van der Waals surface area contributed by atoms with Crippen molar-refractivity contribution in [1.29, 1.82) is 0 Å². The first kappa shape index (κ1) is 19.0. The largest absolute Gasteiger partial charge is 0.338 e. The molecule has 0 saturated carbocycles. The SMILES string of the molecule is CN1CCN(c2ncc(NC(=O)C3CCN(S(C)(=O)=O)CC3)cn2)CC1. The van der Waals surface area contributed by atoms with Crippen LogP contribution in [0.4, 0.5) is 11.6 Å². The van der Waals surface area contributed by atoms with Crippen LogP contribution in [0.25, 0.3) is 0 Å². The molecule has 3 heterocycles. The molecule has 1 aromatic heterocycles. The van der Waals surface area contributed by atoms with Crippen molar-refractivity contribution >= 4 is 27.6 Å². The molecule has 2 aliphatic rings. The zero-order valence-electron chi connectivity index (χ0n) is 15.3. The molecule has 0 radical (unpaired) electrons. The first-order valence-corrected chi connectivity index (χ1v) is 10.7. The van der Waals surface area contributed by atoms with E-state index in [2.05, 4.69) is 32.1 Å². The molecule has 0 atom stereocenters. The second kappa shape index (κ2) is 7.85. The molecule has 0 spiro atoms. The lowest BCUT2D eigenvalue weighted by molar-refractivity contribution is -0.120. The summed E-state index contributed by atoms with van der Waals surface area (Å²) in [4.78, 5) is 25.5. The van der Waals surface area contributed by atoms with Crippen LogP contribution in [0.2, 0.25) is 0 Å². The van der Waals surface area contributed by atoms with Crippen LogP contribution in [0.5, 0.6) is 0 Å². The first-order chi connectivity index (χ1) is 12.3. The van der Waals surface area contributed by atoms with Crippen LogP contribution < -0.4 is 10.2 Å². The molecular weight excluding hydrogens is 356 g/mol. The van der Waals surface area contributed by atoms with Gasteiger partial charge in [0.2, 0.25) is 21.9 Å². The van der Waals surface area contributed by atoms with E-state index in [0.29, 0.717) is 37.6 Å². The molecule has 0 aliphatic carbocycles. The zero-order chi connectivity index (χ0) is 18.7. The van der Waals surface area contributed by atoms with Crippen LogP contribution in [0, 0.1) is 5.92 Å². The van der Waals surface area contributed by atoms with E-state index in [9.17, 15) is 13.2 Å². The van der Waals surface area contributed by atoms with Gasteiger partial charge in [0.15, 0.2) is 0 Å². The number of piperidine rings is 1. The van der Waals surface area contributed by atoms with Gasteiger partial charge < -0.3 is 15.1 Å². The number of hydrogen-bond donors (Lipinski definition) is 1. The highest BCUT2D eigenvalue weighted by Gasteiger charge is 2.29. The summed E-state index contributed by atoms with van der Waals surface area (Å²) in [5.41, 5.74) is 0.568. The molecule has 10 heteroatoms. The average molecular weight is 382 g/mol. The summed E-state index contributed by atoms with van der Waals surface area (Å²) in [6, 6.07) is 0. The van der Waals surface area contributed by atoms with Gasteiger partial charge in [-0.05, 0) is 19.9 Å². The topological polar surface area (TPSA) is 98.7 Å². The number of aromatic nitrogens is 2. The fourth-order valence-corrected chi connectivity index (χ4v) is 4.12. The van der Waals surface area contributed by atoms with Crippen LogP contribution >= 0.6 is 0 Å². The van der Waals surface area contributed by atoms with Crippen LogP contribution in [0.1, 0.15) is 12.8 Å². The van der Waals surface area contributed by atoms with Gasteiger partial charge >= 0.3 is 0 Å². The highest BCUT2D eigenvalue weighted by atomic mass is 32.2. The Morgan fingerprint density at radius 2 is 1.65 bits per heavy atom. The fraction of sp³-hybridized carbons (Fsp3) is 0.688. The minimum absolute atomic E-state index is 0.103. The van der Waals surface area contributed by atoms with Gasteiger partial charge in [0.05, 0.1) is 24.3 Å². The molecule has 144 valence electrons. The number of sulfonamides is 1. The Kier molecular flexibility index (Phi) is 5.73. The molecule has 9 nitrogen and oxygen atoms in total. The lowest BCUT2D eigenvalue weighted by Gasteiger charge is -2.32. The number of piperazine rings is 1. The van der Waals surface area contributed by atoms with E-state index in [1.807, 2.05) is 0 Å². The number of carbonyl (C=O) groups excluding carboxylic acids is 1. The molecule has 3 rings (SSSR count). The van der Waals surface area contributed by atoms with Gasteiger partial charge in [-0.1, -0.05) is 0 Å². The Balaban J connectivity index is 1.52. The normalized spacial score (nSPS) is 20.9. The molecule has 1 N–H and O–H groups in total. The second-order valence-corrected chi connectivity index (χ2v) is 8.97. The molecule has 26 heavy (non-hydrogen) atoms. The minimum Gasteiger partial charge on any atom is -0.338 e. The number of nitrogens with zero attached hydrogens (tertiary/aromatic N) is 5. The Bertz CT molecular complexity index is 723. The number of amides is 1. The Labute approximate surface area is 154 Å². The summed E-state index contributed by atoms with van der Waals surface area (Å²) in [5.74, 6) is 0.386. The van der Waals surface area contributed by atoms with E-state index in [-0.39, 0.29) is 11.8 Å². The Morgan fingerprint density at radius 1 is 1.08 bits per heavy atom. The van der Waals surface area contributed by atoms with Gasteiger partial charge in [0.1, 0.15) is 0 Å². The van der Waals surface area contributed by atoms with Gasteiger partial charge in [0, 0.05) is 45.2 Å². The van der Waals surface area contributed by atoms with E-state index in [1.54, 1.807) is 12.4 Å². The Hall–Kier alpha value is -1.78. The summed E-state index contributed by atoms with van der Waals surface area (Å²) >= 11 is 0. The Morgan fingerprint density at radius 3 is 2.19 bits per heavy atom. The minimum atomic E-state index is -3.18. The van der Waals surface area contributed by atoms with Crippen molar-refractivity contribution in [3.63, 3.8) is 0 Å². The number of anilines is 2. The summed E-state index contributed by atoms with van der Waals surface area (Å²) in [7, 11) is -1.08. The third kappa shape index (κ3) is 4.68. The molecular formula is C16H26N6O3S. The molecule has 0 bridgehead atoms. The van der Waals surface area contributed by atoms with Crippen molar-refractivity contribution in [3.8, 4) is 0 Å². The molecule has 1 amide bonds. The van der Waals surface area contributed by atoms with E-state index < -0.39 is 10.0 Å². The number of carbonyl (C=O) groups is 1. The van der Waals surface area contributed by atoms with Gasteiger partial charge in [0.25, 0.3) is 0 Å². The van der Waals surface area contributed by atoms with Crippen molar-refractivity contribution in [2.24, 2.45) is 5.92 Å². The van der Waals surface area contributed by atoms with Crippen molar-refractivity contribution in [1.82, 2.24) is 19.2 Å². The van der Waals surface area contributed by atoms with Gasteiger partial charge in [-0.3, -0.25) is 4.79 Å². The second-order valence-electron chi connectivity index (χ2n) is 6.99. The number of likely N-dealkylation sites (N-methyl/N-ethyl adjacent to an activating group) is 1. The van der Waals surface area contributed by atoms with E-state index in [1.165, 1.54) is 10.6 Å². The van der Waals surface area contributed by atoms with Crippen LogP contribution in [-0.2, 0) is 14.8 Å². The highest BCUT2D eigenvalue weighted by Crippen LogP contribution is 2.21. The maximum atomic E-state index is 12.4. The molecule has 0 aromatic carbocycles. The smallest absolute Gasteiger partial charge is 0.227 e. The molecule has 2 saturated heterocycles. The maximum absolute atomic E-state index is 12.4. The van der Waals surface area contributed by atoms with Crippen LogP contribution in [0.3, 0.4) is 0 Å². The standard InChI is InChI=1S/C16H26N6O3S/c1-20-7-9-21(10-8-20)16-17-11-14(12-18-16)19-15(23)13-3-5-22(6-4-13)26(2,24)25/h11-13H,3-10H2,1-2H3,(H,19,23). The van der Waals surface area contributed by atoms with E-state index in [0.717, 1.165) is 26.2 Å². The molecule has 1 aromatic rings. The van der Waals surface area contributed by atoms with Crippen molar-refractivity contribution in [2.75, 3.05) is 62.8 Å². The lowest BCUT2D eigenvalue weighted by Crippen LogP contribution is -2.45. The van der Waals surface area contributed by atoms with Crippen LogP contribution in [0.15, 0.2) is 12.4 Å². The predicted molar refractivity (Wildman–Crippen MR) is 99.5 cm³/mol. The maximum Gasteiger partial charge on any atom is 0.227 e. The number of hydrogen-bond acceptors (Lipinski definition) is 7. The summed E-state index contributed by atoms with van der Waals surface area (Å²) in [6.45, 7) is 4.51. The summed E-state index contributed by atoms with van der Waals surface area (Å²) < 4.78 is 24.5. The van der Waals surface area contributed by atoms with Crippen molar-refractivity contribution in [2.45, 2.75) is 12.8 Å². The highest BCUT2D eigenvalue weighted by molar-refractivity contribution is 7.88. The number of rotatable bonds is 4. The summed E-state index contributed by atoms with van der Waals surface area (Å²) in [5, 5.41) is 2.84. The fourth-order valence-electron chi connectivity index (χ4n) is 3.25. The molecule has 2 fully saturated rings. The van der Waals surface area contributed by atoms with E-state index >= 15 is 0 Å². The van der Waals surface area contributed by atoms with E-state index in [4.69, 9.17) is 0 Å². The predicted octanol–water partition coefficient (Wildman–Crippen LogP) is -0.161. The van der Waals surface area contributed by atoms with Crippen molar-refractivity contribution in [3.05, 3.63) is 12.4 Å².